The fourth-order valence-electron chi connectivity index (χ4n) is 2.02. The highest BCUT2D eigenvalue weighted by Crippen LogP contribution is 2.19. The summed E-state index contributed by atoms with van der Waals surface area (Å²) in [6.07, 6.45) is 2.11. The Labute approximate surface area is 139 Å². The number of sulfonamides is 1. The molecule has 0 amide bonds. The van der Waals surface area contributed by atoms with Gasteiger partial charge in [-0.1, -0.05) is 12.1 Å². The molecule has 128 valence electrons. The average molecular weight is 352 g/mol. The van der Waals surface area contributed by atoms with Gasteiger partial charge in [-0.15, -0.1) is 0 Å². The van der Waals surface area contributed by atoms with Gasteiger partial charge in [0.2, 0.25) is 0 Å². The first-order chi connectivity index (χ1) is 11.4. The van der Waals surface area contributed by atoms with E-state index in [-0.39, 0.29) is 23.6 Å². The van der Waals surface area contributed by atoms with Gasteiger partial charge in [0, 0.05) is 26.3 Å². The number of carbonyl (C=O) groups is 1. The third kappa shape index (κ3) is 4.59. The Hall–Kier alpha value is -2.32. The summed E-state index contributed by atoms with van der Waals surface area (Å²) in [6, 6.07) is 7.77. The molecule has 1 aromatic heterocycles. The highest BCUT2D eigenvalue weighted by atomic mass is 32.2. The second-order valence-corrected chi connectivity index (χ2v) is 6.64. The van der Waals surface area contributed by atoms with Gasteiger partial charge in [0.1, 0.15) is 16.4 Å². The van der Waals surface area contributed by atoms with Gasteiger partial charge in [-0.3, -0.25) is 14.5 Å². The number of halogens is 1. The standard InChI is InChI=1S/C16H17FN2O4S/c1-23-10-4-6-15(20)14-11-12(8-9-18-14)19-24(21,22)16-7-3-2-5-13(16)17/h2-3,5,7-9,11H,4,6,10H2,1H3,(H,18,19). The molecule has 1 aromatic carbocycles. The predicted molar refractivity (Wildman–Crippen MR) is 86.9 cm³/mol. The van der Waals surface area contributed by atoms with E-state index in [2.05, 4.69) is 9.71 Å². The zero-order valence-electron chi connectivity index (χ0n) is 13.0. The molecule has 0 fully saturated rings. The third-order valence-electron chi connectivity index (χ3n) is 3.18. The second kappa shape index (κ2) is 7.98. The molecule has 0 aliphatic carbocycles. The van der Waals surface area contributed by atoms with E-state index in [9.17, 15) is 17.6 Å². The molecule has 0 aliphatic heterocycles. The van der Waals surface area contributed by atoms with Crippen LogP contribution in [0.5, 0.6) is 0 Å². The van der Waals surface area contributed by atoms with Crippen LogP contribution in [-0.2, 0) is 14.8 Å². The molecule has 2 aromatic rings. The summed E-state index contributed by atoms with van der Waals surface area (Å²) >= 11 is 0. The number of rotatable bonds is 8. The second-order valence-electron chi connectivity index (χ2n) is 4.99. The van der Waals surface area contributed by atoms with E-state index in [0.717, 1.165) is 12.1 Å². The van der Waals surface area contributed by atoms with E-state index in [1.807, 2.05) is 0 Å². The van der Waals surface area contributed by atoms with Crippen molar-refractivity contribution in [2.75, 3.05) is 18.4 Å². The van der Waals surface area contributed by atoms with Crippen LogP contribution in [0.4, 0.5) is 10.1 Å². The quantitative estimate of drug-likeness (QED) is 0.583. The topological polar surface area (TPSA) is 85.4 Å². The molecule has 0 unspecified atom stereocenters. The van der Waals surface area contributed by atoms with E-state index < -0.39 is 20.7 Å². The highest BCUT2D eigenvalue weighted by molar-refractivity contribution is 7.92. The first kappa shape index (κ1) is 18.0. The Morgan fingerprint density at radius 2 is 2.04 bits per heavy atom. The Morgan fingerprint density at radius 1 is 1.29 bits per heavy atom. The lowest BCUT2D eigenvalue weighted by atomic mass is 10.1. The van der Waals surface area contributed by atoms with Gasteiger partial charge in [-0.2, -0.15) is 0 Å². The maximum atomic E-state index is 13.7. The lowest BCUT2D eigenvalue weighted by Gasteiger charge is -2.09. The van der Waals surface area contributed by atoms with Crippen molar-refractivity contribution in [2.45, 2.75) is 17.7 Å². The number of anilines is 1. The lowest BCUT2D eigenvalue weighted by molar-refractivity contribution is 0.0958. The number of hydrogen-bond acceptors (Lipinski definition) is 5. The Bertz CT molecular complexity index is 824. The SMILES string of the molecule is COCCCC(=O)c1cc(NS(=O)(=O)c2ccccc2F)ccn1. The summed E-state index contributed by atoms with van der Waals surface area (Å²) in [4.78, 5) is 15.5. The molecule has 1 N–H and O–H groups in total. The molecule has 6 nitrogen and oxygen atoms in total. The summed E-state index contributed by atoms with van der Waals surface area (Å²) in [5.41, 5.74) is 0.281. The fraction of sp³-hybridized carbons (Fsp3) is 0.250. The van der Waals surface area contributed by atoms with Crippen molar-refractivity contribution in [1.82, 2.24) is 4.98 Å². The molecule has 1 heterocycles. The van der Waals surface area contributed by atoms with Crippen LogP contribution in [0.3, 0.4) is 0 Å². The van der Waals surface area contributed by atoms with Crippen LogP contribution in [-0.4, -0.2) is 32.9 Å². The first-order valence-electron chi connectivity index (χ1n) is 7.19. The minimum Gasteiger partial charge on any atom is -0.385 e. The van der Waals surface area contributed by atoms with Gasteiger partial charge in [-0.25, -0.2) is 12.8 Å². The van der Waals surface area contributed by atoms with Crippen molar-refractivity contribution in [1.29, 1.82) is 0 Å². The smallest absolute Gasteiger partial charge is 0.264 e. The van der Waals surface area contributed by atoms with Gasteiger partial charge >= 0.3 is 0 Å². The van der Waals surface area contributed by atoms with Gasteiger partial charge in [0.15, 0.2) is 5.78 Å². The number of nitrogens with zero attached hydrogens (tertiary/aromatic N) is 1. The lowest BCUT2D eigenvalue weighted by Crippen LogP contribution is -2.15. The number of pyridine rings is 1. The monoisotopic (exact) mass is 352 g/mol. The molecule has 2 rings (SSSR count). The van der Waals surface area contributed by atoms with E-state index >= 15 is 0 Å². The van der Waals surface area contributed by atoms with E-state index in [1.54, 1.807) is 7.11 Å². The van der Waals surface area contributed by atoms with E-state index in [0.29, 0.717) is 13.0 Å². The van der Waals surface area contributed by atoms with Gasteiger partial charge in [0.25, 0.3) is 10.0 Å². The Balaban J connectivity index is 2.17. The molecule has 8 heteroatoms. The number of hydrogen-bond donors (Lipinski definition) is 1. The molecule has 0 atom stereocenters. The summed E-state index contributed by atoms with van der Waals surface area (Å²) in [6.45, 7) is 0.450. The highest BCUT2D eigenvalue weighted by Gasteiger charge is 2.19. The van der Waals surface area contributed by atoms with Crippen LogP contribution < -0.4 is 4.72 Å². The van der Waals surface area contributed by atoms with Crippen LogP contribution in [0.2, 0.25) is 0 Å². The van der Waals surface area contributed by atoms with Crippen LogP contribution in [0.25, 0.3) is 0 Å². The predicted octanol–water partition coefficient (Wildman–Crippen LogP) is 2.63. The molecule has 0 saturated heterocycles. The normalized spacial score (nSPS) is 11.2. The molecule has 0 radical (unpaired) electrons. The molecular formula is C16H17FN2O4S. The molecule has 0 bridgehead atoms. The maximum Gasteiger partial charge on any atom is 0.264 e. The van der Waals surface area contributed by atoms with Crippen molar-refractivity contribution in [3.05, 3.63) is 54.1 Å². The number of carbonyl (C=O) groups excluding carboxylic acids is 1. The number of Topliss-reactive ketones (excluding diaryl/α,β-unsaturated/α-hetero) is 1. The van der Waals surface area contributed by atoms with Crippen molar-refractivity contribution < 1.29 is 22.3 Å². The summed E-state index contributed by atoms with van der Waals surface area (Å²) < 4.78 is 45.3. The minimum absolute atomic E-state index is 0.139. The minimum atomic E-state index is -4.09. The molecule has 0 saturated carbocycles. The average Bonchev–Trinajstić information content (AvgIpc) is 2.55. The van der Waals surface area contributed by atoms with E-state index in [4.69, 9.17) is 4.74 Å². The summed E-state index contributed by atoms with van der Waals surface area (Å²) in [7, 11) is -2.55. The van der Waals surface area contributed by atoms with Gasteiger partial charge in [0.05, 0.1) is 5.69 Å². The fourth-order valence-corrected chi connectivity index (χ4v) is 3.15. The first-order valence-corrected chi connectivity index (χ1v) is 8.68. The maximum absolute atomic E-state index is 13.7. The molecule has 0 aliphatic rings. The number of ketones is 1. The Morgan fingerprint density at radius 3 is 2.75 bits per heavy atom. The Kier molecular flexibility index (Phi) is 5.99. The van der Waals surface area contributed by atoms with E-state index in [1.165, 1.54) is 30.5 Å². The van der Waals surface area contributed by atoms with Crippen LogP contribution in [0, 0.1) is 5.82 Å². The molecule has 0 spiro atoms. The summed E-state index contributed by atoms with van der Waals surface area (Å²) in [5, 5.41) is 0. The van der Waals surface area contributed by atoms with Crippen molar-refractivity contribution in [3.63, 3.8) is 0 Å². The molecular weight excluding hydrogens is 335 g/mol. The van der Waals surface area contributed by atoms with Crippen LogP contribution in [0.1, 0.15) is 23.3 Å². The number of ether oxygens (including phenoxy) is 1. The third-order valence-corrected chi connectivity index (χ3v) is 4.59. The van der Waals surface area contributed by atoms with Gasteiger partial charge < -0.3 is 4.74 Å². The van der Waals surface area contributed by atoms with Crippen LogP contribution in [0.15, 0.2) is 47.5 Å². The largest absolute Gasteiger partial charge is 0.385 e. The van der Waals surface area contributed by atoms with Crippen LogP contribution >= 0.6 is 0 Å². The number of nitrogens with one attached hydrogen (secondary N) is 1. The molecule has 24 heavy (non-hydrogen) atoms. The van der Waals surface area contributed by atoms with Gasteiger partial charge in [-0.05, 0) is 30.7 Å². The summed E-state index contributed by atoms with van der Waals surface area (Å²) in [5.74, 6) is -1.08. The zero-order chi connectivity index (χ0) is 17.6. The zero-order valence-corrected chi connectivity index (χ0v) is 13.8. The number of benzene rings is 1. The van der Waals surface area contributed by atoms with Crippen molar-refractivity contribution in [2.24, 2.45) is 0 Å². The number of methoxy groups -OCH3 is 1. The van der Waals surface area contributed by atoms with Crippen molar-refractivity contribution in [3.8, 4) is 0 Å². The number of aromatic nitrogens is 1. The van der Waals surface area contributed by atoms with Crippen molar-refractivity contribution >= 4 is 21.5 Å².